The number of rotatable bonds is 10. The zero-order chi connectivity index (χ0) is 18.9. The number of esters is 1. The average Bonchev–Trinajstić information content (AvgIpc) is 2.60. The summed E-state index contributed by atoms with van der Waals surface area (Å²) in [6.45, 7) is 2.23. The summed E-state index contributed by atoms with van der Waals surface area (Å²) in [5.74, 6) is -0.333. The topological polar surface area (TPSA) is 87.9 Å². The van der Waals surface area contributed by atoms with Crippen LogP contribution in [-0.2, 0) is 32.1 Å². The van der Waals surface area contributed by atoms with Crippen LogP contribution in [-0.4, -0.2) is 30.9 Å². The van der Waals surface area contributed by atoms with Crippen molar-refractivity contribution >= 4 is 16.7 Å². The molecule has 0 amide bonds. The SMILES string of the molecule is COCc1c(CC(=O)OCCC[C@H](C)O[N+](=O)[O-])ccc2ccccc12. The van der Waals surface area contributed by atoms with Crippen molar-refractivity contribution in [2.24, 2.45) is 0 Å². The van der Waals surface area contributed by atoms with E-state index in [1.165, 1.54) is 0 Å². The van der Waals surface area contributed by atoms with Crippen LogP contribution in [0.3, 0.4) is 0 Å². The Morgan fingerprint density at radius 2 is 2.00 bits per heavy atom. The molecular weight excluding hydrogens is 338 g/mol. The largest absolute Gasteiger partial charge is 0.465 e. The predicted octanol–water partition coefficient (Wildman–Crippen LogP) is 3.45. The van der Waals surface area contributed by atoms with Crippen LogP contribution in [0.2, 0.25) is 0 Å². The molecule has 0 aliphatic heterocycles. The third-order valence-electron chi connectivity index (χ3n) is 4.05. The molecule has 0 heterocycles. The highest BCUT2D eigenvalue weighted by molar-refractivity contribution is 5.88. The Bertz CT molecular complexity index is 761. The minimum absolute atomic E-state index is 0.157. The monoisotopic (exact) mass is 361 g/mol. The van der Waals surface area contributed by atoms with Gasteiger partial charge in [-0.1, -0.05) is 36.4 Å². The summed E-state index contributed by atoms with van der Waals surface area (Å²) in [6.07, 6.45) is 0.588. The lowest BCUT2D eigenvalue weighted by Crippen LogP contribution is -2.15. The van der Waals surface area contributed by atoms with E-state index >= 15 is 0 Å². The first-order valence-electron chi connectivity index (χ1n) is 8.46. The van der Waals surface area contributed by atoms with Gasteiger partial charge in [0, 0.05) is 7.11 Å². The fourth-order valence-electron chi connectivity index (χ4n) is 2.82. The minimum Gasteiger partial charge on any atom is -0.465 e. The van der Waals surface area contributed by atoms with Crippen LogP contribution in [0.4, 0.5) is 0 Å². The molecule has 0 fully saturated rings. The summed E-state index contributed by atoms with van der Waals surface area (Å²) >= 11 is 0. The van der Waals surface area contributed by atoms with E-state index in [-0.39, 0.29) is 19.0 Å². The summed E-state index contributed by atoms with van der Waals surface area (Å²) in [5, 5.41) is 11.6. The third kappa shape index (κ3) is 5.70. The molecule has 0 saturated carbocycles. The fraction of sp³-hybridized carbons (Fsp3) is 0.421. The molecule has 0 unspecified atom stereocenters. The first kappa shape index (κ1) is 19.7. The molecule has 26 heavy (non-hydrogen) atoms. The maximum absolute atomic E-state index is 12.1. The van der Waals surface area contributed by atoms with Crippen molar-refractivity contribution in [1.29, 1.82) is 0 Å². The van der Waals surface area contributed by atoms with E-state index in [1.54, 1.807) is 14.0 Å². The summed E-state index contributed by atoms with van der Waals surface area (Å²) in [4.78, 5) is 26.7. The van der Waals surface area contributed by atoms with Crippen molar-refractivity contribution in [3.63, 3.8) is 0 Å². The van der Waals surface area contributed by atoms with Gasteiger partial charge in [-0.3, -0.25) is 4.79 Å². The number of hydrogen-bond acceptors (Lipinski definition) is 6. The molecule has 0 aliphatic carbocycles. The molecule has 7 heteroatoms. The van der Waals surface area contributed by atoms with Gasteiger partial charge in [-0.25, -0.2) is 0 Å². The number of benzene rings is 2. The van der Waals surface area contributed by atoms with Crippen molar-refractivity contribution in [2.75, 3.05) is 13.7 Å². The fourth-order valence-corrected chi connectivity index (χ4v) is 2.82. The molecular formula is C19H23NO6. The van der Waals surface area contributed by atoms with E-state index in [0.717, 1.165) is 21.9 Å². The Labute approximate surface area is 152 Å². The molecule has 140 valence electrons. The van der Waals surface area contributed by atoms with Crippen molar-refractivity contribution in [2.45, 2.75) is 38.9 Å². The van der Waals surface area contributed by atoms with Gasteiger partial charge in [0.25, 0.3) is 5.09 Å². The zero-order valence-corrected chi connectivity index (χ0v) is 15.0. The van der Waals surface area contributed by atoms with Gasteiger partial charge < -0.3 is 14.3 Å². The van der Waals surface area contributed by atoms with Crippen LogP contribution in [0.15, 0.2) is 36.4 Å². The number of carbonyl (C=O) groups excluding carboxylic acids is 1. The van der Waals surface area contributed by atoms with Crippen LogP contribution in [0.1, 0.15) is 30.9 Å². The summed E-state index contributed by atoms with van der Waals surface area (Å²) < 4.78 is 10.5. The quantitative estimate of drug-likeness (QED) is 0.279. The molecule has 0 aliphatic rings. The van der Waals surface area contributed by atoms with Crippen LogP contribution >= 0.6 is 0 Å². The molecule has 2 aromatic carbocycles. The summed E-state index contributed by atoms with van der Waals surface area (Å²) in [6, 6.07) is 11.9. The van der Waals surface area contributed by atoms with Gasteiger partial charge in [0.2, 0.25) is 0 Å². The molecule has 0 radical (unpaired) electrons. The molecule has 0 N–H and O–H groups in total. The van der Waals surface area contributed by atoms with Gasteiger partial charge >= 0.3 is 5.97 Å². The molecule has 0 spiro atoms. The first-order valence-corrected chi connectivity index (χ1v) is 8.46. The van der Waals surface area contributed by atoms with Gasteiger partial charge in [0.1, 0.15) is 6.10 Å². The molecule has 2 rings (SSSR count). The maximum Gasteiger partial charge on any atom is 0.310 e. The van der Waals surface area contributed by atoms with E-state index in [4.69, 9.17) is 9.47 Å². The highest BCUT2D eigenvalue weighted by atomic mass is 17.0. The average molecular weight is 361 g/mol. The van der Waals surface area contributed by atoms with Crippen LogP contribution in [0, 0.1) is 10.1 Å². The van der Waals surface area contributed by atoms with Gasteiger partial charge in [-0.05, 0) is 41.7 Å². The lowest BCUT2D eigenvalue weighted by molar-refractivity contribution is -0.767. The lowest BCUT2D eigenvalue weighted by Gasteiger charge is -2.13. The van der Waals surface area contributed by atoms with Crippen molar-refractivity contribution in [3.8, 4) is 0 Å². The van der Waals surface area contributed by atoms with Crippen molar-refractivity contribution < 1.29 is 24.2 Å². The number of nitrogens with zero attached hydrogens (tertiary/aromatic N) is 1. The number of hydrogen-bond donors (Lipinski definition) is 0. The Morgan fingerprint density at radius 1 is 1.23 bits per heavy atom. The van der Waals surface area contributed by atoms with E-state index in [1.807, 2.05) is 36.4 Å². The van der Waals surface area contributed by atoms with Gasteiger partial charge in [0.05, 0.1) is 19.6 Å². The number of ether oxygens (including phenoxy) is 2. The van der Waals surface area contributed by atoms with Crippen LogP contribution in [0.25, 0.3) is 10.8 Å². The van der Waals surface area contributed by atoms with Gasteiger partial charge in [0.15, 0.2) is 0 Å². The van der Waals surface area contributed by atoms with Gasteiger partial charge in [-0.15, -0.1) is 10.1 Å². The zero-order valence-electron chi connectivity index (χ0n) is 15.0. The van der Waals surface area contributed by atoms with Crippen molar-refractivity contribution in [3.05, 3.63) is 57.6 Å². The molecule has 0 saturated heterocycles. The van der Waals surface area contributed by atoms with E-state index in [9.17, 15) is 14.9 Å². The Morgan fingerprint density at radius 3 is 2.73 bits per heavy atom. The molecule has 1 atom stereocenters. The van der Waals surface area contributed by atoms with E-state index in [2.05, 4.69) is 4.84 Å². The Hall–Kier alpha value is -2.67. The molecule has 2 aromatic rings. The molecule has 0 aromatic heterocycles. The Kier molecular flexibility index (Phi) is 7.35. The normalized spacial score (nSPS) is 11.9. The van der Waals surface area contributed by atoms with E-state index < -0.39 is 11.2 Å². The van der Waals surface area contributed by atoms with Crippen LogP contribution < -0.4 is 0 Å². The highest BCUT2D eigenvalue weighted by Gasteiger charge is 2.13. The smallest absolute Gasteiger partial charge is 0.310 e. The van der Waals surface area contributed by atoms with Crippen LogP contribution in [0.5, 0.6) is 0 Å². The number of methoxy groups -OCH3 is 1. The second-order valence-corrected chi connectivity index (χ2v) is 6.04. The van der Waals surface area contributed by atoms with Gasteiger partial charge in [-0.2, -0.15) is 0 Å². The second-order valence-electron chi connectivity index (χ2n) is 6.04. The van der Waals surface area contributed by atoms with E-state index in [0.29, 0.717) is 19.4 Å². The summed E-state index contributed by atoms with van der Waals surface area (Å²) in [5.41, 5.74) is 1.86. The van der Waals surface area contributed by atoms with Crippen molar-refractivity contribution in [1.82, 2.24) is 0 Å². The number of fused-ring (bicyclic) bond motifs is 1. The predicted molar refractivity (Wildman–Crippen MR) is 96.1 cm³/mol. The highest BCUT2D eigenvalue weighted by Crippen LogP contribution is 2.24. The standard InChI is InChI=1S/C19H23NO6/c1-14(26-20(22)23)6-5-11-25-19(21)12-16-10-9-15-7-3-4-8-17(15)18(16)13-24-2/h3-4,7-10,14H,5-6,11-13H2,1-2H3/t14-/m0/s1. The minimum atomic E-state index is -0.812. The number of carbonyl (C=O) groups is 1. The lowest BCUT2D eigenvalue weighted by atomic mass is 9.97. The molecule has 7 nitrogen and oxygen atoms in total. The third-order valence-corrected chi connectivity index (χ3v) is 4.05. The Balaban J connectivity index is 1.92. The maximum atomic E-state index is 12.1. The molecule has 0 bridgehead atoms. The summed E-state index contributed by atoms with van der Waals surface area (Å²) in [7, 11) is 1.62. The second kappa shape index (κ2) is 9.72. The first-order chi connectivity index (χ1) is 12.5.